The summed E-state index contributed by atoms with van der Waals surface area (Å²) in [6.07, 6.45) is 9.64. The summed E-state index contributed by atoms with van der Waals surface area (Å²) in [7, 11) is 0. The van der Waals surface area contributed by atoms with Crippen LogP contribution in [0.15, 0.2) is 47.0 Å². The van der Waals surface area contributed by atoms with Crippen molar-refractivity contribution in [2.24, 2.45) is 4.99 Å². The molecule has 0 radical (unpaired) electrons. The minimum absolute atomic E-state index is 0.348. The number of hydrogen-bond donors (Lipinski definition) is 2. The molecule has 2 heterocycles. The number of aromatic nitrogens is 2. The fourth-order valence-electron chi connectivity index (χ4n) is 3.23. The molecule has 0 bridgehead atoms. The lowest BCUT2D eigenvalue weighted by molar-refractivity contribution is 0.443. The maximum atomic E-state index is 6.10. The van der Waals surface area contributed by atoms with E-state index in [9.17, 15) is 0 Å². The van der Waals surface area contributed by atoms with Gasteiger partial charge in [0.15, 0.2) is 5.13 Å². The number of rotatable bonds is 3. The number of benzene rings is 1. The Bertz CT molecular complexity index is 903. The van der Waals surface area contributed by atoms with Crippen LogP contribution in [-0.4, -0.2) is 22.0 Å². The van der Waals surface area contributed by atoms with Gasteiger partial charge in [0.1, 0.15) is 0 Å². The topological polar surface area (TPSA) is 62.2 Å². The summed E-state index contributed by atoms with van der Waals surface area (Å²) in [5, 5.41) is 11.2. The highest BCUT2D eigenvalue weighted by Gasteiger charge is 2.15. The van der Waals surface area contributed by atoms with E-state index >= 15 is 0 Å². The maximum Gasteiger partial charge on any atom is 0.202 e. The van der Waals surface area contributed by atoms with E-state index < -0.39 is 0 Å². The predicted octanol–water partition coefficient (Wildman–Crippen LogP) is 5.56. The van der Waals surface area contributed by atoms with E-state index in [1.807, 2.05) is 29.6 Å². The van der Waals surface area contributed by atoms with Crippen molar-refractivity contribution in [3.05, 3.63) is 47.1 Å². The van der Waals surface area contributed by atoms with Gasteiger partial charge in [-0.15, -0.1) is 11.3 Å². The molecule has 134 valence electrons. The number of thiazole rings is 1. The van der Waals surface area contributed by atoms with Crippen LogP contribution in [-0.2, 0) is 0 Å². The molecule has 0 spiro atoms. The summed E-state index contributed by atoms with van der Waals surface area (Å²) in [5.41, 5.74) is 1.80. The average Bonchev–Trinajstić information content (AvgIpc) is 3.15. The Hall–Kier alpha value is -2.18. The molecule has 1 aliphatic rings. The third kappa shape index (κ3) is 4.14. The van der Waals surface area contributed by atoms with Crippen molar-refractivity contribution in [1.29, 1.82) is 0 Å². The monoisotopic (exact) mass is 385 g/mol. The normalized spacial score (nSPS) is 16.0. The standard InChI is InChI=1S/C19H20ClN5S/c20-13-6-7-15-16(8-9-21-17(15)12-13)24-18(25-19-22-10-11-26-19)23-14-4-2-1-3-5-14/h6-12,14H,1-5H2,(H2,21,22,23,24,25). The molecule has 26 heavy (non-hydrogen) atoms. The zero-order valence-electron chi connectivity index (χ0n) is 14.3. The van der Waals surface area contributed by atoms with Crippen LogP contribution in [0.25, 0.3) is 10.9 Å². The third-order valence-corrected chi connectivity index (χ3v) is 5.43. The van der Waals surface area contributed by atoms with Crippen molar-refractivity contribution in [3.8, 4) is 0 Å². The van der Waals surface area contributed by atoms with E-state index in [1.54, 1.807) is 23.7 Å². The number of nitrogens with one attached hydrogen (secondary N) is 2. The first-order valence-corrected chi connectivity index (χ1v) is 10.1. The van der Waals surface area contributed by atoms with Crippen LogP contribution in [0.4, 0.5) is 10.8 Å². The van der Waals surface area contributed by atoms with E-state index in [2.05, 4.69) is 20.6 Å². The predicted molar refractivity (Wildman–Crippen MR) is 110 cm³/mol. The first-order valence-electron chi connectivity index (χ1n) is 8.83. The van der Waals surface area contributed by atoms with E-state index in [4.69, 9.17) is 16.6 Å². The molecule has 1 aliphatic carbocycles. The molecular weight excluding hydrogens is 366 g/mol. The maximum absolute atomic E-state index is 6.10. The molecule has 1 saturated carbocycles. The van der Waals surface area contributed by atoms with Crippen molar-refractivity contribution in [2.75, 3.05) is 10.6 Å². The highest BCUT2D eigenvalue weighted by Crippen LogP contribution is 2.26. The average molecular weight is 386 g/mol. The first-order chi connectivity index (χ1) is 12.8. The molecule has 0 unspecified atom stereocenters. The molecule has 2 aromatic heterocycles. The van der Waals surface area contributed by atoms with E-state index in [-0.39, 0.29) is 0 Å². The lowest BCUT2D eigenvalue weighted by atomic mass is 9.96. The molecule has 7 heteroatoms. The van der Waals surface area contributed by atoms with Gasteiger partial charge in [0.05, 0.1) is 17.2 Å². The van der Waals surface area contributed by atoms with Crippen LogP contribution < -0.4 is 10.6 Å². The second kappa shape index (κ2) is 8.01. The van der Waals surface area contributed by atoms with Crippen molar-refractivity contribution < 1.29 is 0 Å². The Balaban J connectivity index is 1.64. The summed E-state index contributed by atoms with van der Waals surface area (Å²) in [5.74, 6) is 0.731. The second-order valence-electron chi connectivity index (χ2n) is 6.38. The SMILES string of the molecule is Clc1ccc2c(NC(=NC3CCCCC3)Nc3nccs3)ccnc2c1. The number of halogens is 1. The van der Waals surface area contributed by atoms with Gasteiger partial charge in [0.25, 0.3) is 0 Å². The fourth-order valence-corrected chi connectivity index (χ4v) is 3.93. The number of aliphatic imine (C=N–C) groups is 1. The molecule has 3 aromatic rings. The quantitative estimate of drug-likeness (QED) is 0.457. The third-order valence-electron chi connectivity index (χ3n) is 4.50. The highest BCUT2D eigenvalue weighted by atomic mass is 35.5. The Kier molecular flexibility index (Phi) is 5.32. The van der Waals surface area contributed by atoms with Gasteiger partial charge in [-0.2, -0.15) is 0 Å². The number of nitrogens with zero attached hydrogens (tertiary/aromatic N) is 3. The van der Waals surface area contributed by atoms with Crippen molar-refractivity contribution in [3.63, 3.8) is 0 Å². The zero-order chi connectivity index (χ0) is 17.8. The molecule has 0 saturated heterocycles. The van der Waals surface area contributed by atoms with Gasteiger partial charge >= 0.3 is 0 Å². The van der Waals surface area contributed by atoms with Crippen LogP contribution in [0.1, 0.15) is 32.1 Å². The summed E-state index contributed by atoms with van der Waals surface area (Å²) >= 11 is 7.65. The first kappa shape index (κ1) is 17.2. The van der Waals surface area contributed by atoms with E-state index in [0.29, 0.717) is 11.1 Å². The molecule has 0 atom stereocenters. The smallest absolute Gasteiger partial charge is 0.202 e. The second-order valence-corrected chi connectivity index (χ2v) is 7.71. The highest BCUT2D eigenvalue weighted by molar-refractivity contribution is 7.13. The van der Waals surface area contributed by atoms with Gasteiger partial charge < -0.3 is 10.6 Å². The summed E-state index contributed by atoms with van der Waals surface area (Å²) < 4.78 is 0. The van der Waals surface area contributed by atoms with Crippen LogP contribution >= 0.6 is 22.9 Å². The number of pyridine rings is 1. The van der Waals surface area contributed by atoms with Crippen molar-refractivity contribution >= 4 is 50.6 Å². The van der Waals surface area contributed by atoms with E-state index in [0.717, 1.165) is 40.5 Å². The lowest BCUT2D eigenvalue weighted by Crippen LogP contribution is -2.25. The minimum Gasteiger partial charge on any atom is -0.325 e. The minimum atomic E-state index is 0.348. The molecule has 0 aliphatic heterocycles. The number of guanidine groups is 1. The van der Waals surface area contributed by atoms with Crippen LogP contribution in [0.2, 0.25) is 5.02 Å². The molecule has 4 rings (SSSR count). The molecule has 0 amide bonds. The molecule has 1 fully saturated rings. The van der Waals surface area contributed by atoms with Crippen LogP contribution in [0, 0.1) is 0 Å². The largest absolute Gasteiger partial charge is 0.325 e. The number of anilines is 2. The molecule has 2 N–H and O–H groups in total. The summed E-state index contributed by atoms with van der Waals surface area (Å²) in [6, 6.07) is 8.03. The van der Waals surface area contributed by atoms with Crippen LogP contribution in [0.3, 0.4) is 0 Å². The summed E-state index contributed by atoms with van der Waals surface area (Å²) in [4.78, 5) is 13.7. The number of hydrogen-bond acceptors (Lipinski definition) is 4. The van der Waals surface area contributed by atoms with E-state index in [1.165, 1.54) is 19.3 Å². The van der Waals surface area contributed by atoms with Gasteiger partial charge in [-0.05, 0) is 37.1 Å². The Morgan fingerprint density at radius 2 is 1.96 bits per heavy atom. The molecular formula is C19H20ClN5S. The fraction of sp³-hybridized carbons (Fsp3) is 0.316. The Morgan fingerprint density at radius 1 is 1.08 bits per heavy atom. The van der Waals surface area contributed by atoms with Gasteiger partial charge in [-0.25, -0.2) is 9.98 Å². The van der Waals surface area contributed by atoms with Gasteiger partial charge in [0.2, 0.25) is 5.96 Å². The molecule has 5 nitrogen and oxygen atoms in total. The zero-order valence-corrected chi connectivity index (χ0v) is 15.9. The van der Waals surface area contributed by atoms with Gasteiger partial charge in [-0.1, -0.05) is 30.9 Å². The van der Waals surface area contributed by atoms with Gasteiger partial charge in [-0.3, -0.25) is 4.98 Å². The lowest BCUT2D eigenvalue weighted by Gasteiger charge is -2.20. The van der Waals surface area contributed by atoms with Crippen molar-refractivity contribution in [1.82, 2.24) is 9.97 Å². The summed E-state index contributed by atoms with van der Waals surface area (Å²) in [6.45, 7) is 0. The van der Waals surface area contributed by atoms with Crippen LogP contribution in [0.5, 0.6) is 0 Å². The Morgan fingerprint density at radius 3 is 2.77 bits per heavy atom. The molecule has 1 aromatic carbocycles. The number of fused-ring (bicyclic) bond motifs is 1. The van der Waals surface area contributed by atoms with Crippen molar-refractivity contribution in [2.45, 2.75) is 38.1 Å². The van der Waals surface area contributed by atoms with Gasteiger partial charge in [0, 0.05) is 28.2 Å². The Labute approximate surface area is 161 Å².